The third-order valence-electron chi connectivity index (χ3n) is 1.23. The summed E-state index contributed by atoms with van der Waals surface area (Å²) in [5.41, 5.74) is 2.00. The number of amides is 1. The molecule has 12 heavy (non-hydrogen) atoms. The van der Waals surface area contributed by atoms with Crippen LogP contribution in [0.15, 0.2) is 22.7 Å². The quantitative estimate of drug-likeness (QED) is 0.467. The second kappa shape index (κ2) is 4.20. The van der Waals surface area contributed by atoms with Crippen LogP contribution in [0, 0.1) is 3.57 Å². The van der Waals surface area contributed by atoms with Crippen LogP contribution in [0.3, 0.4) is 0 Å². The van der Waals surface area contributed by atoms with Gasteiger partial charge in [0.1, 0.15) is 0 Å². The van der Waals surface area contributed by atoms with Crippen molar-refractivity contribution in [2.75, 3.05) is 0 Å². The molecule has 0 atom stereocenters. The Morgan fingerprint density at radius 3 is 2.67 bits per heavy atom. The number of carbonyl (C=O) groups is 1. The van der Waals surface area contributed by atoms with Crippen molar-refractivity contribution in [2.24, 2.45) is 0 Å². The van der Waals surface area contributed by atoms with E-state index >= 15 is 0 Å². The second-order valence-corrected chi connectivity index (χ2v) is 4.26. The molecule has 3 nitrogen and oxygen atoms in total. The molecule has 5 heteroatoms. The lowest BCUT2D eigenvalue weighted by Crippen LogP contribution is -2.18. The molecule has 0 saturated heterocycles. The topological polar surface area (TPSA) is 49.3 Å². The van der Waals surface area contributed by atoms with E-state index in [2.05, 4.69) is 38.5 Å². The average Bonchev–Trinajstić information content (AvgIpc) is 2.01. The summed E-state index contributed by atoms with van der Waals surface area (Å²) in [6.07, 6.45) is 0. The van der Waals surface area contributed by atoms with Crippen LogP contribution >= 0.6 is 38.5 Å². The van der Waals surface area contributed by atoms with E-state index < -0.39 is 5.91 Å². The fourth-order valence-corrected chi connectivity index (χ4v) is 2.34. The predicted molar refractivity (Wildman–Crippen MR) is 56.1 cm³/mol. The second-order valence-electron chi connectivity index (χ2n) is 2.10. The van der Waals surface area contributed by atoms with Crippen molar-refractivity contribution < 1.29 is 10.0 Å². The van der Waals surface area contributed by atoms with Gasteiger partial charge in [-0.15, -0.1) is 0 Å². The van der Waals surface area contributed by atoms with Crippen molar-refractivity contribution in [1.29, 1.82) is 0 Å². The van der Waals surface area contributed by atoms with Gasteiger partial charge in [-0.3, -0.25) is 10.0 Å². The molecule has 0 aromatic heterocycles. The Kier molecular flexibility index (Phi) is 3.48. The van der Waals surface area contributed by atoms with Gasteiger partial charge in [-0.25, -0.2) is 5.48 Å². The Morgan fingerprint density at radius 2 is 2.17 bits per heavy atom. The molecule has 0 heterocycles. The third-order valence-corrected chi connectivity index (χ3v) is 2.31. The van der Waals surface area contributed by atoms with Gasteiger partial charge in [0.2, 0.25) is 0 Å². The van der Waals surface area contributed by atoms with E-state index in [4.69, 9.17) is 5.21 Å². The van der Waals surface area contributed by atoms with Crippen molar-refractivity contribution in [3.8, 4) is 0 Å². The number of benzene rings is 1. The van der Waals surface area contributed by atoms with Gasteiger partial charge in [-0.2, -0.15) is 0 Å². The predicted octanol–water partition coefficient (Wildman–Crippen LogP) is 2.17. The molecule has 1 aromatic carbocycles. The summed E-state index contributed by atoms with van der Waals surface area (Å²) in [6, 6.07) is 5.18. The largest absolute Gasteiger partial charge is 0.288 e. The molecular weight excluding hydrogens is 337 g/mol. The summed E-state index contributed by atoms with van der Waals surface area (Å²) in [5.74, 6) is -0.505. The molecule has 0 aliphatic carbocycles. The first kappa shape index (κ1) is 9.94. The maximum atomic E-state index is 10.9. The van der Waals surface area contributed by atoms with E-state index in [1.807, 2.05) is 6.07 Å². The minimum Gasteiger partial charge on any atom is -0.288 e. The van der Waals surface area contributed by atoms with Crippen molar-refractivity contribution >= 4 is 44.4 Å². The molecule has 64 valence electrons. The first-order chi connectivity index (χ1) is 5.63. The number of hydrogen-bond donors (Lipinski definition) is 2. The Hall–Kier alpha value is -0.140. The van der Waals surface area contributed by atoms with Crippen LogP contribution < -0.4 is 5.48 Å². The van der Waals surface area contributed by atoms with Crippen LogP contribution in [0.25, 0.3) is 0 Å². The van der Waals surface area contributed by atoms with Gasteiger partial charge >= 0.3 is 0 Å². The summed E-state index contributed by atoms with van der Waals surface area (Å²) < 4.78 is 1.74. The number of hydroxylamine groups is 1. The zero-order chi connectivity index (χ0) is 9.14. The highest BCUT2D eigenvalue weighted by Crippen LogP contribution is 2.17. The highest BCUT2D eigenvalue weighted by molar-refractivity contribution is 14.1. The lowest BCUT2D eigenvalue weighted by atomic mass is 10.2. The minimum absolute atomic E-state index is 0.427. The SMILES string of the molecule is O=C(NO)c1cc(Br)cc(I)c1. The standard InChI is InChI=1S/C7H5BrINO2/c8-5-1-4(7(11)10-12)2-6(9)3-5/h1-3,12H,(H,10,11). The van der Waals surface area contributed by atoms with Crippen LogP contribution in [0.2, 0.25) is 0 Å². The molecule has 0 saturated carbocycles. The summed E-state index contributed by atoms with van der Waals surface area (Å²) in [4.78, 5) is 10.9. The fourth-order valence-electron chi connectivity index (χ4n) is 0.749. The number of nitrogens with one attached hydrogen (secondary N) is 1. The molecule has 0 spiro atoms. The summed E-state index contributed by atoms with van der Waals surface area (Å²) in [7, 11) is 0. The fraction of sp³-hybridized carbons (Fsp3) is 0. The van der Waals surface area contributed by atoms with Crippen LogP contribution in [0.1, 0.15) is 10.4 Å². The molecule has 1 aromatic rings. The zero-order valence-corrected chi connectivity index (χ0v) is 9.59. The summed E-state index contributed by atoms with van der Waals surface area (Å²) in [6.45, 7) is 0. The van der Waals surface area contributed by atoms with Crippen molar-refractivity contribution in [2.45, 2.75) is 0 Å². The lowest BCUT2D eigenvalue weighted by Gasteiger charge is -2.00. The van der Waals surface area contributed by atoms with Gasteiger partial charge in [-0.1, -0.05) is 15.9 Å². The third kappa shape index (κ3) is 2.43. The van der Waals surface area contributed by atoms with Gasteiger partial charge < -0.3 is 0 Å². The molecule has 0 aliphatic rings. The smallest absolute Gasteiger partial charge is 0.274 e. The maximum Gasteiger partial charge on any atom is 0.274 e. The molecule has 0 unspecified atom stereocenters. The van der Waals surface area contributed by atoms with Gasteiger partial charge in [0.15, 0.2) is 0 Å². The molecule has 0 aliphatic heterocycles. The van der Waals surface area contributed by atoms with E-state index in [1.54, 1.807) is 17.6 Å². The van der Waals surface area contributed by atoms with E-state index in [9.17, 15) is 4.79 Å². The van der Waals surface area contributed by atoms with Gasteiger partial charge in [-0.05, 0) is 40.8 Å². The van der Waals surface area contributed by atoms with E-state index in [0.717, 1.165) is 8.04 Å². The molecule has 0 fully saturated rings. The highest BCUT2D eigenvalue weighted by atomic mass is 127. The van der Waals surface area contributed by atoms with Crippen molar-refractivity contribution in [1.82, 2.24) is 5.48 Å². The van der Waals surface area contributed by atoms with Crippen LogP contribution in [-0.4, -0.2) is 11.1 Å². The lowest BCUT2D eigenvalue weighted by molar-refractivity contribution is 0.0706. The van der Waals surface area contributed by atoms with Crippen molar-refractivity contribution in [3.63, 3.8) is 0 Å². The summed E-state index contributed by atoms with van der Waals surface area (Å²) >= 11 is 5.33. The molecular formula is C7H5BrINO2. The van der Waals surface area contributed by atoms with Gasteiger partial charge in [0, 0.05) is 13.6 Å². The molecule has 2 N–H and O–H groups in total. The van der Waals surface area contributed by atoms with Gasteiger partial charge in [0.25, 0.3) is 5.91 Å². The Morgan fingerprint density at radius 1 is 1.50 bits per heavy atom. The normalized spacial score (nSPS) is 9.58. The minimum atomic E-state index is -0.505. The van der Waals surface area contributed by atoms with Gasteiger partial charge in [0.05, 0.1) is 0 Å². The van der Waals surface area contributed by atoms with E-state index in [0.29, 0.717) is 5.56 Å². The Labute approximate surface area is 91.4 Å². The van der Waals surface area contributed by atoms with Crippen LogP contribution in [-0.2, 0) is 0 Å². The average molecular weight is 342 g/mol. The molecule has 1 rings (SSSR count). The first-order valence-electron chi connectivity index (χ1n) is 3.04. The van der Waals surface area contributed by atoms with Crippen LogP contribution in [0.5, 0.6) is 0 Å². The highest BCUT2D eigenvalue weighted by Gasteiger charge is 2.05. The van der Waals surface area contributed by atoms with Crippen molar-refractivity contribution in [3.05, 3.63) is 31.8 Å². The first-order valence-corrected chi connectivity index (χ1v) is 4.91. The maximum absolute atomic E-state index is 10.9. The Balaban J connectivity index is 3.08. The molecule has 0 radical (unpaired) electrons. The Bertz CT molecular complexity index is 296. The van der Waals surface area contributed by atoms with E-state index in [1.165, 1.54) is 0 Å². The van der Waals surface area contributed by atoms with E-state index in [-0.39, 0.29) is 0 Å². The summed E-state index contributed by atoms with van der Waals surface area (Å²) in [5, 5.41) is 8.35. The van der Waals surface area contributed by atoms with Crippen LogP contribution in [0.4, 0.5) is 0 Å². The zero-order valence-electron chi connectivity index (χ0n) is 5.84. The number of halogens is 2. The number of carbonyl (C=O) groups excluding carboxylic acids is 1. The molecule has 0 bridgehead atoms. The number of rotatable bonds is 1. The molecule has 1 amide bonds. The number of hydrogen-bond acceptors (Lipinski definition) is 2. The monoisotopic (exact) mass is 341 g/mol.